The molecule has 2 aromatic rings. The lowest BCUT2D eigenvalue weighted by Crippen LogP contribution is -2.43. The molecule has 3 rings (SSSR count). The molecule has 19 heavy (non-hydrogen) atoms. The van der Waals surface area contributed by atoms with E-state index in [4.69, 9.17) is 4.98 Å². The fraction of sp³-hybridized carbons (Fsp3) is 0.286. The molecule has 0 aliphatic carbocycles. The predicted octanol–water partition coefficient (Wildman–Crippen LogP) is 2.04. The van der Waals surface area contributed by atoms with Crippen molar-refractivity contribution in [3.63, 3.8) is 0 Å². The van der Waals surface area contributed by atoms with Crippen LogP contribution in [-0.4, -0.2) is 36.1 Å². The van der Waals surface area contributed by atoms with Gasteiger partial charge >= 0.3 is 0 Å². The lowest BCUT2D eigenvalue weighted by Gasteiger charge is -2.28. The number of benzene rings is 1. The Morgan fingerprint density at radius 3 is 2.63 bits per heavy atom. The molecule has 4 nitrogen and oxygen atoms in total. The van der Waals surface area contributed by atoms with E-state index in [-0.39, 0.29) is 0 Å². The number of hydrogen-bond donors (Lipinski definition) is 1. The first-order valence-corrected chi connectivity index (χ1v) is 7.24. The predicted molar refractivity (Wildman–Crippen MR) is 77.7 cm³/mol. The van der Waals surface area contributed by atoms with Gasteiger partial charge in [0.2, 0.25) is 0 Å². The molecule has 1 aliphatic rings. The molecule has 1 fully saturated rings. The zero-order valence-electron chi connectivity index (χ0n) is 10.6. The Hall–Kier alpha value is -1.59. The summed E-state index contributed by atoms with van der Waals surface area (Å²) in [6.07, 6.45) is 3.67. The molecule has 1 aliphatic heterocycles. The van der Waals surface area contributed by atoms with Gasteiger partial charge in [0.1, 0.15) is 10.8 Å². The molecular weight excluding hydrogens is 256 g/mol. The van der Waals surface area contributed by atoms with Crippen LogP contribution in [0.15, 0.2) is 52.6 Å². The molecule has 2 heterocycles. The van der Waals surface area contributed by atoms with Gasteiger partial charge in [-0.3, -0.25) is 4.98 Å². The van der Waals surface area contributed by atoms with E-state index in [2.05, 4.69) is 27.3 Å². The van der Waals surface area contributed by atoms with Crippen LogP contribution in [0.3, 0.4) is 0 Å². The molecule has 0 saturated carbocycles. The zero-order valence-corrected chi connectivity index (χ0v) is 11.4. The highest BCUT2D eigenvalue weighted by atomic mass is 32.2. The molecule has 0 bridgehead atoms. The summed E-state index contributed by atoms with van der Waals surface area (Å²) in [4.78, 5) is 12.5. The minimum absolute atomic E-state index is 0.947. The van der Waals surface area contributed by atoms with Crippen LogP contribution in [0.2, 0.25) is 0 Å². The second kappa shape index (κ2) is 6.04. The summed E-state index contributed by atoms with van der Waals surface area (Å²) in [5, 5.41) is 4.29. The average Bonchev–Trinajstić information content (AvgIpc) is 2.49. The van der Waals surface area contributed by atoms with Crippen molar-refractivity contribution >= 4 is 17.6 Å². The van der Waals surface area contributed by atoms with Gasteiger partial charge in [0.05, 0.1) is 12.4 Å². The van der Waals surface area contributed by atoms with Gasteiger partial charge in [-0.05, 0) is 12.1 Å². The number of aromatic nitrogens is 2. The number of nitrogens with zero attached hydrogens (tertiary/aromatic N) is 3. The van der Waals surface area contributed by atoms with Gasteiger partial charge in [-0.15, -0.1) is 0 Å². The monoisotopic (exact) mass is 272 g/mol. The molecule has 0 spiro atoms. The van der Waals surface area contributed by atoms with Crippen molar-refractivity contribution in [2.45, 2.75) is 9.92 Å². The van der Waals surface area contributed by atoms with E-state index >= 15 is 0 Å². The van der Waals surface area contributed by atoms with Crippen molar-refractivity contribution < 1.29 is 0 Å². The van der Waals surface area contributed by atoms with Crippen LogP contribution in [0.5, 0.6) is 0 Å². The summed E-state index contributed by atoms with van der Waals surface area (Å²) in [6.45, 7) is 4.01. The van der Waals surface area contributed by atoms with Crippen molar-refractivity contribution in [3.05, 3.63) is 42.7 Å². The molecule has 98 valence electrons. The van der Waals surface area contributed by atoms with Crippen LogP contribution >= 0.6 is 11.8 Å². The Labute approximate surface area is 117 Å². The standard InChI is InChI=1S/C14H16N4S/c1-2-4-12(5-3-1)19-14-11-16-10-13(17-14)18-8-6-15-7-9-18/h1-5,10-11,15H,6-9H2. The Morgan fingerprint density at radius 2 is 1.84 bits per heavy atom. The largest absolute Gasteiger partial charge is 0.353 e. The maximum absolute atomic E-state index is 4.69. The van der Waals surface area contributed by atoms with E-state index in [9.17, 15) is 0 Å². The topological polar surface area (TPSA) is 41.1 Å². The summed E-state index contributed by atoms with van der Waals surface area (Å²) in [6, 6.07) is 10.3. The third kappa shape index (κ3) is 3.24. The lowest BCUT2D eigenvalue weighted by molar-refractivity contribution is 0.583. The van der Waals surface area contributed by atoms with Crippen molar-refractivity contribution in [2.75, 3.05) is 31.1 Å². The first kappa shape index (κ1) is 12.4. The second-order valence-corrected chi connectivity index (χ2v) is 5.46. The highest BCUT2D eigenvalue weighted by molar-refractivity contribution is 7.99. The van der Waals surface area contributed by atoms with E-state index in [0.29, 0.717) is 0 Å². The molecule has 1 saturated heterocycles. The fourth-order valence-corrected chi connectivity index (χ4v) is 2.83. The third-order valence-electron chi connectivity index (χ3n) is 3.01. The summed E-state index contributed by atoms with van der Waals surface area (Å²) in [5.41, 5.74) is 0. The van der Waals surface area contributed by atoms with Gasteiger partial charge in [0.15, 0.2) is 0 Å². The van der Waals surface area contributed by atoms with Crippen LogP contribution in [0, 0.1) is 0 Å². The quantitative estimate of drug-likeness (QED) is 0.926. The number of nitrogens with one attached hydrogen (secondary N) is 1. The van der Waals surface area contributed by atoms with Gasteiger partial charge < -0.3 is 10.2 Å². The molecule has 0 unspecified atom stereocenters. The zero-order chi connectivity index (χ0) is 12.9. The molecular formula is C14H16N4S. The third-order valence-corrected chi connectivity index (χ3v) is 3.92. The number of rotatable bonds is 3. The lowest BCUT2D eigenvalue weighted by atomic mass is 10.4. The SMILES string of the molecule is c1ccc(Sc2cncc(N3CCNCC3)n2)cc1. The van der Waals surface area contributed by atoms with E-state index < -0.39 is 0 Å². The highest BCUT2D eigenvalue weighted by Gasteiger charge is 2.12. The Balaban J connectivity index is 1.76. The summed E-state index contributed by atoms with van der Waals surface area (Å²) >= 11 is 1.65. The molecule has 0 amide bonds. The summed E-state index contributed by atoms with van der Waals surface area (Å²) < 4.78 is 0. The highest BCUT2D eigenvalue weighted by Crippen LogP contribution is 2.26. The Morgan fingerprint density at radius 1 is 1.05 bits per heavy atom. The molecule has 1 aromatic carbocycles. The van der Waals surface area contributed by atoms with Crippen LogP contribution < -0.4 is 10.2 Å². The van der Waals surface area contributed by atoms with Crippen LogP contribution in [-0.2, 0) is 0 Å². The van der Waals surface area contributed by atoms with Gasteiger partial charge in [0, 0.05) is 31.1 Å². The van der Waals surface area contributed by atoms with Crippen LogP contribution in [0.25, 0.3) is 0 Å². The number of piperazine rings is 1. The summed E-state index contributed by atoms with van der Waals surface area (Å²) in [5.74, 6) is 0.974. The number of hydrogen-bond acceptors (Lipinski definition) is 5. The van der Waals surface area contributed by atoms with Gasteiger partial charge in [0.25, 0.3) is 0 Å². The molecule has 1 aromatic heterocycles. The Bertz CT molecular complexity index is 526. The maximum Gasteiger partial charge on any atom is 0.148 e. The van der Waals surface area contributed by atoms with Gasteiger partial charge in [-0.25, -0.2) is 4.98 Å². The van der Waals surface area contributed by atoms with E-state index in [1.165, 1.54) is 4.90 Å². The van der Waals surface area contributed by atoms with E-state index in [1.54, 1.807) is 11.8 Å². The minimum Gasteiger partial charge on any atom is -0.353 e. The normalized spacial score (nSPS) is 15.5. The van der Waals surface area contributed by atoms with Crippen molar-refractivity contribution in [2.24, 2.45) is 0 Å². The van der Waals surface area contributed by atoms with Crippen molar-refractivity contribution in [3.8, 4) is 0 Å². The Kier molecular flexibility index (Phi) is 3.95. The van der Waals surface area contributed by atoms with Gasteiger partial charge in [-0.1, -0.05) is 30.0 Å². The van der Waals surface area contributed by atoms with E-state index in [0.717, 1.165) is 37.0 Å². The van der Waals surface area contributed by atoms with Crippen molar-refractivity contribution in [1.82, 2.24) is 15.3 Å². The second-order valence-electron chi connectivity index (χ2n) is 4.37. The summed E-state index contributed by atoms with van der Waals surface area (Å²) in [7, 11) is 0. The molecule has 1 N–H and O–H groups in total. The molecule has 5 heteroatoms. The molecule has 0 radical (unpaired) electrons. The van der Waals surface area contributed by atoms with E-state index in [1.807, 2.05) is 30.6 Å². The fourth-order valence-electron chi connectivity index (χ4n) is 2.04. The van der Waals surface area contributed by atoms with Crippen LogP contribution in [0.4, 0.5) is 5.82 Å². The van der Waals surface area contributed by atoms with Crippen LogP contribution in [0.1, 0.15) is 0 Å². The smallest absolute Gasteiger partial charge is 0.148 e. The molecule has 0 atom stereocenters. The average molecular weight is 272 g/mol. The minimum atomic E-state index is 0.947. The van der Waals surface area contributed by atoms with Gasteiger partial charge in [-0.2, -0.15) is 0 Å². The number of anilines is 1. The van der Waals surface area contributed by atoms with Crippen molar-refractivity contribution in [1.29, 1.82) is 0 Å². The maximum atomic E-state index is 4.69. The first-order chi connectivity index (χ1) is 9.42. The first-order valence-electron chi connectivity index (χ1n) is 6.42.